The molecule has 0 atom stereocenters. The number of aryl methyl sites for hydroxylation is 1. The Labute approximate surface area is 116 Å². The Morgan fingerprint density at radius 3 is 2.68 bits per heavy atom. The Bertz CT molecular complexity index is 578. The molecule has 0 amide bonds. The van der Waals surface area contributed by atoms with Crippen molar-refractivity contribution in [2.24, 2.45) is 7.05 Å². The fourth-order valence-electron chi connectivity index (χ4n) is 1.62. The normalized spacial score (nSPS) is 11.6. The van der Waals surface area contributed by atoms with E-state index in [1.807, 2.05) is 0 Å². The van der Waals surface area contributed by atoms with E-state index in [2.05, 4.69) is 26.3 Å². The fourth-order valence-corrected chi connectivity index (χ4v) is 2.09. The van der Waals surface area contributed by atoms with Crippen LogP contribution >= 0.6 is 15.9 Å². The van der Waals surface area contributed by atoms with Gasteiger partial charge in [-0.3, -0.25) is 4.68 Å². The third kappa shape index (κ3) is 3.50. The number of anilines is 1. The van der Waals surface area contributed by atoms with Crippen LogP contribution in [0.25, 0.3) is 0 Å². The second-order valence-electron chi connectivity index (χ2n) is 4.07. The quantitative estimate of drug-likeness (QED) is 0.925. The molecule has 0 unspecified atom stereocenters. The zero-order valence-electron chi connectivity index (χ0n) is 10.0. The first-order chi connectivity index (χ1) is 8.86. The van der Waals surface area contributed by atoms with Crippen molar-refractivity contribution in [3.8, 4) is 0 Å². The van der Waals surface area contributed by atoms with E-state index >= 15 is 0 Å². The molecular weight excluding hydrogens is 323 g/mol. The van der Waals surface area contributed by atoms with Crippen molar-refractivity contribution >= 4 is 21.6 Å². The third-order valence-electron chi connectivity index (χ3n) is 2.53. The number of alkyl halides is 3. The van der Waals surface area contributed by atoms with Gasteiger partial charge in [0.25, 0.3) is 0 Å². The summed E-state index contributed by atoms with van der Waals surface area (Å²) in [6.45, 7) is 0.423. The molecule has 1 N–H and O–H groups in total. The summed E-state index contributed by atoms with van der Waals surface area (Å²) >= 11 is 2.90. The second-order valence-corrected chi connectivity index (χ2v) is 4.92. The van der Waals surface area contributed by atoms with E-state index in [1.165, 1.54) is 6.07 Å². The molecule has 102 valence electrons. The van der Waals surface area contributed by atoms with Crippen LogP contribution < -0.4 is 5.32 Å². The van der Waals surface area contributed by atoms with Crippen LogP contribution in [-0.2, 0) is 19.8 Å². The van der Waals surface area contributed by atoms with Crippen LogP contribution in [0.15, 0.2) is 35.1 Å². The Morgan fingerprint density at radius 1 is 1.37 bits per heavy atom. The van der Waals surface area contributed by atoms with Crippen LogP contribution in [0, 0.1) is 0 Å². The predicted molar refractivity (Wildman–Crippen MR) is 69.7 cm³/mol. The van der Waals surface area contributed by atoms with Crippen molar-refractivity contribution in [2.45, 2.75) is 12.7 Å². The highest BCUT2D eigenvalue weighted by Crippen LogP contribution is 2.36. The van der Waals surface area contributed by atoms with Gasteiger partial charge in [0.05, 0.1) is 11.8 Å². The molecule has 1 heterocycles. The van der Waals surface area contributed by atoms with E-state index in [0.29, 0.717) is 12.2 Å². The highest BCUT2D eigenvalue weighted by atomic mass is 79.9. The summed E-state index contributed by atoms with van der Waals surface area (Å²) in [6, 6.07) is 4.06. The minimum Gasteiger partial charge on any atom is -0.381 e. The maximum absolute atomic E-state index is 12.7. The number of aromatic nitrogens is 2. The van der Waals surface area contributed by atoms with E-state index in [-0.39, 0.29) is 4.47 Å². The molecule has 0 spiro atoms. The standard InChI is InChI=1S/C12H11BrF3N3/c1-19-7-8(6-18-19)5-17-9-2-3-11(13)10(4-9)12(14,15)16/h2-4,6-7,17H,5H2,1H3. The molecule has 2 aromatic rings. The molecule has 0 aliphatic carbocycles. The maximum Gasteiger partial charge on any atom is 0.417 e. The second kappa shape index (κ2) is 5.24. The summed E-state index contributed by atoms with van der Waals surface area (Å²) in [5.41, 5.74) is 0.627. The van der Waals surface area contributed by atoms with Gasteiger partial charge in [-0.25, -0.2) is 0 Å². The van der Waals surface area contributed by atoms with Gasteiger partial charge in [-0.05, 0) is 18.2 Å². The Hall–Kier alpha value is -1.50. The molecule has 0 saturated carbocycles. The number of nitrogens with zero attached hydrogens (tertiary/aromatic N) is 2. The van der Waals surface area contributed by atoms with Crippen LogP contribution in [0.2, 0.25) is 0 Å². The van der Waals surface area contributed by atoms with Gasteiger partial charge in [-0.15, -0.1) is 0 Å². The summed E-state index contributed by atoms with van der Waals surface area (Å²) < 4.78 is 39.8. The molecule has 0 aliphatic heterocycles. The molecule has 3 nitrogen and oxygen atoms in total. The SMILES string of the molecule is Cn1cc(CNc2ccc(Br)c(C(F)(F)F)c2)cn1. The molecule has 0 saturated heterocycles. The highest BCUT2D eigenvalue weighted by Gasteiger charge is 2.33. The van der Waals surface area contributed by atoms with E-state index < -0.39 is 11.7 Å². The van der Waals surface area contributed by atoms with Gasteiger partial charge in [-0.2, -0.15) is 18.3 Å². The lowest BCUT2D eigenvalue weighted by Gasteiger charge is -2.12. The first-order valence-electron chi connectivity index (χ1n) is 5.44. The number of rotatable bonds is 3. The Kier molecular flexibility index (Phi) is 3.84. The van der Waals surface area contributed by atoms with Crippen LogP contribution in [0.5, 0.6) is 0 Å². The number of nitrogens with one attached hydrogen (secondary N) is 1. The zero-order valence-corrected chi connectivity index (χ0v) is 11.6. The van der Waals surface area contributed by atoms with E-state index in [0.717, 1.165) is 11.6 Å². The topological polar surface area (TPSA) is 29.9 Å². The van der Waals surface area contributed by atoms with Crippen LogP contribution in [0.4, 0.5) is 18.9 Å². The third-order valence-corrected chi connectivity index (χ3v) is 3.22. The van der Waals surface area contributed by atoms with Gasteiger partial charge in [0.2, 0.25) is 0 Å². The minimum atomic E-state index is -4.37. The smallest absolute Gasteiger partial charge is 0.381 e. The van der Waals surface area contributed by atoms with Crippen LogP contribution in [-0.4, -0.2) is 9.78 Å². The molecule has 0 bridgehead atoms. The first-order valence-corrected chi connectivity index (χ1v) is 6.24. The van der Waals surface area contributed by atoms with Crippen LogP contribution in [0.1, 0.15) is 11.1 Å². The van der Waals surface area contributed by atoms with Crippen molar-refractivity contribution in [1.29, 1.82) is 0 Å². The molecule has 1 aromatic carbocycles. The summed E-state index contributed by atoms with van der Waals surface area (Å²) in [6.07, 6.45) is -0.905. The molecule has 0 radical (unpaired) electrons. The van der Waals surface area contributed by atoms with E-state index in [4.69, 9.17) is 0 Å². The summed E-state index contributed by atoms with van der Waals surface area (Å²) in [5.74, 6) is 0. The highest BCUT2D eigenvalue weighted by molar-refractivity contribution is 9.10. The molecule has 7 heteroatoms. The molecule has 0 fully saturated rings. The molecule has 19 heavy (non-hydrogen) atoms. The van der Waals surface area contributed by atoms with Gasteiger partial charge in [0.15, 0.2) is 0 Å². The van der Waals surface area contributed by atoms with Crippen molar-refractivity contribution in [1.82, 2.24) is 9.78 Å². The van der Waals surface area contributed by atoms with Crippen LogP contribution in [0.3, 0.4) is 0 Å². The summed E-state index contributed by atoms with van der Waals surface area (Å²) in [4.78, 5) is 0. The van der Waals surface area contributed by atoms with Gasteiger partial charge < -0.3 is 5.32 Å². The average molecular weight is 334 g/mol. The summed E-state index contributed by atoms with van der Waals surface area (Å²) in [7, 11) is 1.78. The number of hydrogen-bond acceptors (Lipinski definition) is 2. The Morgan fingerprint density at radius 2 is 2.11 bits per heavy atom. The van der Waals surface area contributed by atoms with Crippen molar-refractivity contribution in [2.75, 3.05) is 5.32 Å². The van der Waals surface area contributed by atoms with Gasteiger partial charge in [0, 0.05) is 35.5 Å². The van der Waals surface area contributed by atoms with Crippen molar-refractivity contribution in [3.63, 3.8) is 0 Å². The van der Waals surface area contributed by atoms with Crippen molar-refractivity contribution < 1.29 is 13.2 Å². The maximum atomic E-state index is 12.7. The lowest BCUT2D eigenvalue weighted by Crippen LogP contribution is -2.07. The lowest BCUT2D eigenvalue weighted by molar-refractivity contribution is -0.138. The van der Waals surface area contributed by atoms with Gasteiger partial charge in [-0.1, -0.05) is 15.9 Å². The summed E-state index contributed by atoms with van der Waals surface area (Å²) in [5, 5.41) is 6.93. The molecule has 0 aliphatic rings. The zero-order chi connectivity index (χ0) is 14.0. The monoisotopic (exact) mass is 333 g/mol. The van der Waals surface area contributed by atoms with Gasteiger partial charge in [0.1, 0.15) is 0 Å². The molecule has 1 aromatic heterocycles. The van der Waals surface area contributed by atoms with E-state index in [1.54, 1.807) is 30.2 Å². The Balaban J connectivity index is 2.13. The number of halogens is 4. The number of hydrogen-bond donors (Lipinski definition) is 1. The first kappa shape index (κ1) is 13.9. The fraction of sp³-hybridized carbons (Fsp3) is 0.250. The minimum absolute atomic E-state index is 0.0342. The predicted octanol–water partition coefficient (Wildman–Crippen LogP) is 3.81. The largest absolute Gasteiger partial charge is 0.417 e. The average Bonchev–Trinajstić information content (AvgIpc) is 2.72. The lowest BCUT2D eigenvalue weighted by atomic mass is 10.2. The molecule has 2 rings (SSSR count). The van der Waals surface area contributed by atoms with Crippen molar-refractivity contribution in [3.05, 3.63) is 46.2 Å². The number of benzene rings is 1. The van der Waals surface area contributed by atoms with Gasteiger partial charge >= 0.3 is 6.18 Å². The van der Waals surface area contributed by atoms with E-state index in [9.17, 15) is 13.2 Å². The molecular formula is C12H11BrF3N3.